The van der Waals surface area contributed by atoms with Crippen molar-refractivity contribution in [3.63, 3.8) is 0 Å². The minimum Gasteiger partial charge on any atom is -0.0924 e. The topological polar surface area (TPSA) is 0 Å². The van der Waals surface area contributed by atoms with Crippen LogP contribution in [0, 0.1) is 0 Å². The van der Waals surface area contributed by atoms with Crippen LogP contribution in [0.3, 0.4) is 0 Å². The Morgan fingerprint density at radius 2 is 1.73 bits per heavy atom. The van der Waals surface area contributed by atoms with Crippen molar-refractivity contribution in [2.75, 3.05) is 0 Å². The number of hydrogen-bond donors (Lipinski definition) is 0. The Balaban J connectivity index is 3.99. The van der Waals surface area contributed by atoms with Gasteiger partial charge in [0, 0.05) is 10.9 Å². The Hall–Kier alpha value is 1.76. The Labute approximate surface area is 96.3 Å². The molecule has 0 aliphatic carbocycles. The predicted octanol–water partition coefficient (Wildman–Crippen LogP) is 4.54. The molecule has 0 aliphatic rings. The molecule has 5 heteroatoms. The van der Waals surface area contributed by atoms with Crippen LogP contribution in [0.15, 0.2) is 0 Å². The lowest BCUT2D eigenvalue weighted by Crippen LogP contribution is -2.36. The second kappa shape index (κ2) is 4.31. The monoisotopic (exact) mass is 340 g/mol. The van der Waals surface area contributed by atoms with Crippen molar-refractivity contribution in [1.82, 2.24) is 0 Å². The lowest BCUT2D eigenvalue weighted by molar-refractivity contribution is 0.951. The highest BCUT2D eigenvalue weighted by Gasteiger charge is 2.31. The molecule has 0 nitrogen and oxygen atoms in total. The predicted molar refractivity (Wildman–Crippen MR) is 64.0 cm³/mol. The largest absolute Gasteiger partial charge is 0.172 e. The smallest absolute Gasteiger partial charge is 0.0924 e. The van der Waals surface area contributed by atoms with Gasteiger partial charge < -0.3 is 0 Å². The fraction of sp³-hybridized carbons (Fsp3) is 1.00. The van der Waals surface area contributed by atoms with Crippen LogP contribution in [0.1, 0.15) is 6.42 Å². The fourth-order valence-electron chi connectivity index (χ4n) is 0.509. The molecule has 0 amide bonds. The Morgan fingerprint density at radius 1 is 1.36 bits per heavy atom. The molecule has 0 aromatic heterocycles. The van der Waals surface area contributed by atoms with Crippen molar-refractivity contribution in [2.45, 2.75) is 33.8 Å². The van der Waals surface area contributed by atoms with Gasteiger partial charge in [0.15, 0.2) is 3.24 Å². The minimum atomic E-state index is -1.15. The quantitative estimate of drug-likeness (QED) is 0.521. The molecule has 0 N–H and O–H groups in total. The maximum Gasteiger partial charge on any atom is 0.172 e. The lowest BCUT2D eigenvalue weighted by Gasteiger charge is -2.26. The normalized spacial score (nSPS) is 16.6. The van der Waals surface area contributed by atoms with Crippen LogP contribution >= 0.6 is 55.1 Å². The lowest BCUT2D eigenvalue weighted by atomic mass is 10.6. The van der Waals surface area contributed by atoms with Gasteiger partial charge in [0.05, 0.1) is 8.07 Å². The van der Waals surface area contributed by atoms with Gasteiger partial charge in [-0.1, -0.05) is 58.8 Å². The molecule has 0 bridgehead atoms. The average Bonchev–Trinajstić information content (AvgIpc) is 1.56. The summed E-state index contributed by atoms with van der Waals surface area (Å²) in [6.45, 7) is 6.83. The maximum absolute atomic E-state index is 5.81. The molecule has 0 rings (SSSR count). The van der Waals surface area contributed by atoms with Gasteiger partial charge >= 0.3 is 0 Å². The van der Waals surface area contributed by atoms with Crippen molar-refractivity contribution >= 4 is 63.1 Å². The van der Waals surface area contributed by atoms with Gasteiger partial charge in [-0.15, -0.1) is 0 Å². The van der Waals surface area contributed by atoms with Crippen LogP contribution in [-0.4, -0.2) is 15.8 Å². The standard InChI is InChI=1S/C6H12Br2Cl2Si/c1-11(2,3)5(7)4-6(8,9)10/h5H,4H2,1-3H3. The zero-order valence-electron chi connectivity index (χ0n) is 6.80. The zero-order chi connectivity index (χ0) is 9.28. The summed E-state index contributed by atoms with van der Waals surface area (Å²) in [5.74, 6) is 0. The van der Waals surface area contributed by atoms with Crippen LogP contribution < -0.4 is 0 Å². The van der Waals surface area contributed by atoms with E-state index in [0.29, 0.717) is 4.45 Å². The van der Waals surface area contributed by atoms with E-state index in [1.165, 1.54) is 0 Å². The molecule has 68 valence electrons. The van der Waals surface area contributed by atoms with E-state index in [1.54, 1.807) is 0 Å². The molecule has 0 saturated heterocycles. The summed E-state index contributed by atoms with van der Waals surface area (Å²) in [4.78, 5) is 0. The van der Waals surface area contributed by atoms with E-state index in [9.17, 15) is 0 Å². The Kier molecular flexibility index (Phi) is 5.00. The van der Waals surface area contributed by atoms with E-state index in [4.69, 9.17) is 23.2 Å². The van der Waals surface area contributed by atoms with Gasteiger partial charge in [0.25, 0.3) is 0 Å². The summed E-state index contributed by atoms with van der Waals surface area (Å²) >= 11 is 18.4. The van der Waals surface area contributed by atoms with Gasteiger partial charge in [-0.25, -0.2) is 0 Å². The average molecular weight is 343 g/mol. The van der Waals surface area contributed by atoms with E-state index >= 15 is 0 Å². The molecule has 0 heterocycles. The number of alkyl halides is 4. The minimum absolute atomic E-state index is 0.448. The molecule has 1 atom stereocenters. The molecule has 0 spiro atoms. The first kappa shape index (κ1) is 12.8. The summed E-state index contributed by atoms with van der Waals surface area (Å²) in [5.41, 5.74) is 0. The molecule has 0 aliphatic heterocycles. The van der Waals surface area contributed by atoms with E-state index in [0.717, 1.165) is 6.42 Å². The highest BCUT2D eigenvalue weighted by atomic mass is 79.9. The van der Waals surface area contributed by atoms with Crippen molar-refractivity contribution in [3.05, 3.63) is 0 Å². The van der Waals surface area contributed by atoms with E-state index in [1.807, 2.05) is 0 Å². The van der Waals surface area contributed by atoms with Crippen LogP contribution in [0.5, 0.6) is 0 Å². The van der Waals surface area contributed by atoms with E-state index in [2.05, 4.69) is 51.5 Å². The summed E-state index contributed by atoms with van der Waals surface area (Å²) in [5, 5.41) is 0. The summed E-state index contributed by atoms with van der Waals surface area (Å²) in [7, 11) is -1.15. The molecule has 1 unspecified atom stereocenters. The highest BCUT2D eigenvalue weighted by Crippen LogP contribution is 2.37. The van der Waals surface area contributed by atoms with Crippen LogP contribution in [0.25, 0.3) is 0 Å². The third-order valence-electron chi connectivity index (χ3n) is 1.35. The summed E-state index contributed by atoms with van der Waals surface area (Å²) < 4.78 is -0.328. The molecule has 0 radical (unpaired) electrons. The van der Waals surface area contributed by atoms with Crippen LogP contribution in [0.2, 0.25) is 19.6 Å². The van der Waals surface area contributed by atoms with E-state index in [-0.39, 0.29) is 0 Å². The molecule has 0 fully saturated rings. The molecule has 0 aromatic rings. The molecule has 0 aromatic carbocycles. The Bertz CT molecular complexity index is 128. The number of hydrogen-bond acceptors (Lipinski definition) is 0. The highest BCUT2D eigenvalue weighted by molar-refractivity contribution is 9.11. The second-order valence-corrected chi connectivity index (χ2v) is 14.8. The van der Waals surface area contributed by atoms with Gasteiger partial charge in [-0.05, 0) is 15.9 Å². The van der Waals surface area contributed by atoms with Crippen molar-refractivity contribution in [1.29, 1.82) is 0 Å². The molecular formula is C6H12Br2Cl2Si. The first-order chi connectivity index (χ1) is 4.63. The van der Waals surface area contributed by atoms with Gasteiger partial charge in [0.2, 0.25) is 0 Å². The summed E-state index contributed by atoms with van der Waals surface area (Å²) in [6, 6.07) is 0. The molecular weight excluding hydrogens is 331 g/mol. The van der Waals surface area contributed by atoms with Crippen LogP contribution in [0.4, 0.5) is 0 Å². The number of rotatable bonds is 3. The van der Waals surface area contributed by atoms with Gasteiger partial charge in [-0.2, -0.15) is 0 Å². The summed E-state index contributed by atoms with van der Waals surface area (Å²) in [6.07, 6.45) is 0.742. The zero-order valence-corrected chi connectivity index (χ0v) is 12.5. The third-order valence-corrected chi connectivity index (χ3v) is 8.51. The van der Waals surface area contributed by atoms with E-state index < -0.39 is 11.3 Å². The van der Waals surface area contributed by atoms with Crippen molar-refractivity contribution < 1.29 is 0 Å². The fourth-order valence-corrected chi connectivity index (χ4v) is 3.91. The number of halogens is 4. The third kappa shape index (κ3) is 6.88. The first-order valence-electron chi connectivity index (χ1n) is 3.34. The Morgan fingerprint density at radius 3 is 1.82 bits per heavy atom. The van der Waals surface area contributed by atoms with Gasteiger partial charge in [0.1, 0.15) is 0 Å². The van der Waals surface area contributed by atoms with Crippen molar-refractivity contribution in [3.8, 4) is 0 Å². The van der Waals surface area contributed by atoms with Crippen LogP contribution in [-0.2, 0) is 0 Å². The second-order valence-electron chi connectivity index (χ2n) is 3.65. The SMILES string of the molecule is C[Si](C)(C)C(Br)CC(Cl)(Cl)Br. The van der Waals surface area contributed by atoms with Crippen molar-refractivity contribution in [2.24, 2.45) is 0 Å². The van der Waals surface area contributed by atoms with Gasteiger partial charge in [-0.3, -0.25) is 0 Å². The molecule has 0 saturated carbocycles. The molecule has 11 heavy (non-hydrogen) atoms. The first-order valence-corrected chi connectivity index (χ1v) is 9.38. The maximum atomic E-state index is 5.81.